The van der Waals surface area contributed by atoms with Gasteiger partial charge in [0, 0.05) is 18.6 Å². The van der Waals surface area contributed by atoms with Crippen LogP contribution in [0, 0.1) is 46.3 Å². The summed E-state index contributed by atoms with van der Waals surface area (Å²) in [4.78, 5) is 0. The van der Waals surface area contributed by atoms with Crippen LogP contribution in [0.25, 0.3) is 0 Å². The van der Waals surface area contributed by atoms with Gasteiger partial charge in [-0.15, -0.1) is 0 Å². The summed E-state index contributed by atoms with van der Waals surface area (Å²) in [6, 6.07) is 0. The lowest BCUT2D eigenvalue weighted by atomic mass is 9.43. The van der Waals surface area contributed by atoms with Gasteiger partial charge in [-0.1, -0.05) is 56.2 Å². The Morgan fingerprint density at radius 1 is 0.816 bits per heavy atom. The van der Waals surface area contributed by atoms with E-state index in [-0.39, 0.29) is 18.0 Å². The second kappa shape index (κ2) is 12.1. The molecule has 5 heteroatoms. The molecule has 2 saturated heterocycles. The maximum Gasteiger partial charge on any atom is 0.157 e. The van der Waals surface area contributed by atoms with Gasteiger partial charge < -0.3 is 18.9 Å². The van der Waals surface area contributed by atoms with Crippen molar-refractivity contribution in [1.29, 1.82) is 0 Å². The molecule has 0 aromatic rings. The van der Waals surface area contributed by atoms with Crippen LogP contribution in [0.4, 0.5) is 0 Å². The molecule has 2 heterocycles. The van der Waals surface area contributed by atoms with Crippen LogP contribution in [-0.4, -0.2) is 42.4 Å². The summed E-state index contributed by atoms with van der Waals surface area (Å²) >= 11 is 2.59. The fraction of sp³-hybridized carbons (Fsp3) is 1.00. The van der Waals surface area contributed by atoms with Crippen LogP contribution in [0.15, 0.2) is 0 Å². The first-order chi connectivity index (χ1) is 18.4. The molecule has 2 aliphatic heterocycles. The highest BCUT2D eigenvalue weighted by atomic mass is 127. The fourth-order valence-corrected chi connectivity index (χ4v) is 11.9. The van der Waals surface area contributed by atoms with Crippen LogP contribution < -0.4 is 0 Å². The molecule has 0 aromatic carbocycles. The molecule has 0 aromatic heterocycles. The quantitative estimate of drug-likeness (QED) is 0.159. The van der Waals surface area contributed by atoms with Gasteiger partial charge in [-0.2, -0.15) is 0 Å². The Kier molecular flexibility index (Phi) is 9.10. The molecule has 6 rings (SSSR count). The van der Waals surface area contributed by atoms with Crippen molar-refractivity contribution in [1.82, 2.24) is 0 Å². The van der Waals surface area contributed by atoms with Crippen molar-refractivity contribution in [2.75, 3.05) is 17.6 Å². The lowest BCUT2D eigenvalue weighted by Gasteiger charge is -2.64. The van der Waals surface area contributed by atoms with E-state index in [0.29, 0.717) is 35.4 Å². The summed E-state index contributed by atoms with van der Waals surface area (Å²) in [6.45, 7) is 9.63. The molecule has 4 nitrogen and oxygen atoms in total. The van der Waals surface area contributed by atoms with E-state index in [0.717, 1.165) is 43.8 Å². The molecule has 4 aliphatic carbocycles. The molecule has 6 aliphatic rings. The first-order valence-corrected chi connectivity index (χ1v) is 18.1. The molecule has 0 spiro atoms. The van der Waals surface area contributed by atoms with E-state index in [2.05, 4.69) is 43.4 Å². The van der Waals surface area contributed by atoms with Gasteiger partial charge in [-0.25, -0.2) is 0 Å². The maximum absolute atomic E-state index is 7.18. The zero-order valence-electron chi connectivity index (χ0n) is 24.5. The summed E-state index contributed by atoms with van der Waals surface area (Å²) in [6.07, 6.45) is 19.8. The Bertz CT molecular complexity index is 781. The van der Waals surface area contributed by atoms with E-state index in [1.807, 2.05) is 0 Å². The third-order valence-corrected chi connectivity index (χ3v) is 13.5. The van der Waals surface area contributed by atoms with Gasteiger partial charge >= 0.3 is 0 Å². The summed E-state index contributed by atoms with van der Waals surface area (Å²) < 4.78 is 28.0. The van der Waals surface area contributed by atoms with Crippen LogP contribution in [0.1, 0.15) is 117 Å². The molecule has 0 bridgehead atoms. The smallest absolute Gasteiger partial charge is 0.157 e. The van der Waals surface area contributed by atoms with E-state index in [1.54, 1.807) is 0 Å². The fourth-order valence-electron chi connectivity index (χ4n) is 10.9. The number of rotatable bonds is 7. The molecule has 0 N–H and O–H groups in total. The summed E-state index contributed by atoms with van der Waals surface area (Å²) in [5, 5.41) is 0. The normalized spacial score (nSPS) is 50.1. The molecule has 8 unspecified atom stereocenters. The second-order valence-corrected chi connectivity index (χ2v) is 15.7. The van der Waals surface area contributed by atoms with Crippen LogP contribution in [0.3, 0.4) is 0 Å². The van der Waals surface area contributed by atoms with E-state index < -0.39 is 0 Å². The van der Waals surface area contributed by atoms with Crippen LogP contribution in [0.5, 0.6) is 0 Å². The topological polar surface area (TPSA) is 36.9 Å². The van der Waals surface area contributed by atoms with E-state index in [9.17, 15) is 0 Å². The van der Waals surface area contributed by atoms with Gasteiger partial charge in [0.2, 0.25) is 0 Å². The van der Waals surface area contributed by atoms with Crippen molar-refractivity contribution in [3.8, 4) is 0 Å². The third kappa shape index (κ3) is 5.17. The minimum Gasteiger partial charge on any atom is -0.353 e. The highest BCUT2D eigenvalue weighted by Crippen LogP contribution is 2.69. The van der Waals surface area contributed by atoms with Crippen molar-refractivity contribution >= 4 is 22.6 Å². The molecular weight excluding hydrogens is 587 g/mol. The molecule has 0 radical (unpaired) electrons. The van der Waals surface area contributed by atoms with E-state index in [1.165, 1.54) is 87.9 Å². The molecule has 38 heavy (non-hydrogen) atoms. The average molecular weight is 643 g/mol. The lowest BCUT2D eigenvalue weighted by Crippen LogP contribution is -2.63. The van der Waals surface area contributed by atoms with Crippen molar-refractivity contribution in [3.05, 3.63) is 0 Å². The van der Waals surface area contributed by atoms with Gasteiger partial charge in [0.05, 0.1) is 12.2 Å². The third-order valence-electron chi connectivity index (χ3n) is 12.9. The Hall–Kier alpha value is 0.570. The minimum atomic E-state index is 0.00476. The number of halogens is 1. The summed E-state index contributed by atoms with van der Waals surface area (Å²) in [5.74, 6) is 4.30. The van der Waals surface area contributed by atoms with Crippen LogP contribution in [0.2, 0.25) is 0 Å². The minimum absolute atomic E-state index is 0.00476. The number of hydrogen-bond donors (Lipinski definition) is 0. The van der Waals surface area contributed by atoms with E-state index >= 15 is 0 Å². The van der Waals surface area contributed by atoms with Crippen molar-refractivity contribution in [2.45, 2.75) is 142 Å². The number of fused-ring (bicyclic) bond motifs is 5. The van der Waals surface area contributed by atoms with E-state index in [4.69, 9.17) is 18.9 Å². The largest absolute Gasteiger partial charge is 0.353 e. The van der Waals surface area contributed by atoms with Gasteiger partial charge in [-0.05, 0) is 129 Å². The standard InChI is InChI=1S/C33H55IO4/c1-22(15-17-34)24-13-14-25-31-26(21-28(33(24,25)3)38-30-12-6-9-19-36-30)32(2)16-7-4-10-23(32)20-27(31)37-29-11-5-8-18-35-29/h22-31H,4-21H2,1-3H3/t22-,23?,24-,25?,26?,27-,28+,29?,30?,31?,32?,33?/m1/s1. The number of alkyl halides is 1. The lowest BCUT2D eigenvalue weighted by molar-refractivity contribution is -0.284. The Morgan fingerprint density at radius 3 is 2.21 bits per heavy atom. The number of hydrogen-bond acceptors (Lipinski definition) is 4. The van der Waals surface area contributed by atoms with Crippen molar-refractivity contribution in [2.24, 2.45) is 46.3 Å². The van der Waals surface area contributed by atoms with Gasteiger partial charge in [0.1, 0.15) is 0 Å². The summed E-state index contributed by atoms with van der Waals surface area (Å²) in [7, 11) is 0. The summed E-state index contributed by atoms with van der Waals surface area (Å²) in [5.41, 5.74) is 0.637. The molecule has 6 fully saturated rings. The number of ether oxygens (including phenoxy) is 4. The van der Waals surface area contributed by atoms with Crippen LogP contribution in [-0.2, 0) is 18.9 Å². The monoisotopic (exact) mass is 642 g/mol. The molecule has 4 saturated carbocycles. The maximum atomic E-state index is 7.18. The second-order valence-electron chi connectivity index (χ2n) is 14.6. The SMILES string of the molecule is C[C@H](CCI)[C@H]1CCC2C3C(C[C@H](OC4CCCCO4)C21C)C1(C)CCCCC1C[C@H]3OC1CCCCO1. The van der Waals surface area contributed by atoms with Crippen LogP contribution >= 0.6 is 22.6 Å². The van der Waals surface area contributed by atoms with Crippen molar-refractivity contribution in [3.63, 3.8) is 0 Å². The first kappa shape index (κ1) is 28.7. The predicted octanol–water partition coefficient (Wildman–Crippen LogP) is 8.54. The molecule has 12 atom stereocenters. The average Bonchev–Trinajstić information content (AvgIpc) is 3.29. The van der Waals surface area contributed by atoms with Crippen molar-refractivity contribution < 1.29 is 18.9 Å². The zero-order valence-corrected chi connectivity index (χ0v) is 26.7. The Labute approximate surface area is 246 Å². The highest BCUT2D eigenvalue weighted by Gasteiger charge is 2.66. The first-order valence-electron chi connectivity index (χ1n) is 16.5. The molecular formula is C33H55IO4. The van der Waals surface area contributed by atoms with Gasteiger partial charge in [0.25, 0.3) is 0 Å². The molecule has 0 amide bonds. The predicted molar refractivity (Wildman–Crippen MR) is 160 cm³/mol. The Morgan fingerprint density at radius 2 is 1.53 bits per heavy atom. The van der Waals surface area contributed by atoms with Gasteiger partial charge in [-0.3, -0.25) is 0 Å². The molecule has 218 valence electrons. The van der Waals surface area contributed by atoms with Gasteiger partial charge in [0.15, 0.2) is 12.6 Å². The Balaban J connectivity index is 1.35. The zero-order chi connectivity index (χ0) is 26.3. The highest BCUT2D eigenvalue weighted by molar-refractivity contribution is 14.1.